The molecule has 0 N–H and O–H groups in total. The zero-order chi connectivity index (χ0) is 72.4. The van der Waals surface area contributed by atoms with E-state index in [9.17, 15) is 39.5 Å². The number of rotatable bonds is 18. The van der Waals surface area contributed by atoms with Gasteiger partial charge in [-0.3, -0.25) is 0 Å². The van der Waals surface area contributed by atoms with Crippen molar-refractivity contribution >= 4 is 21.5 Å². The average molecular weight is 1390 g/mol. The van der Waals surface area contributed by atoms with E-state index in [0.717, 1.165) is 77.2 Å². The van der Waals surface area contributed by atoms with Crippen LogP contribution in [0.3, 0.4) is 0 Å². The lowest BCUT2D eigenvalue weighted by Gasteiger charge is -2.26. The first kappa shape index (κ1) is 69.0. The second-order valence-corrected chi connectivity index (χ2v) is 25.9. The number of benzene rings is 11. The first-order valence-corrected chi connectivity index (χ1v) is 32.3. The summed E-state index contributed by atoms with van der Waals surface area (Å²) in [5.41, 5.74) is 12.5. The van der Waals surface area contributed by atoms with E-state index in [2.05, 4.69) is 129 Å². The van der Waals surface area contributed by atoms with Gasteiger partial charge < -0.3 is 18.9 Å². The maximum Gasteiger partial charge on any atom is 0.344 e. The minimum Gasteiger partial charge on any atom is -0.466 e. The van der Waals surface area contributed by atoms with Gasteiger partial charge in [0.05, 0.1) is 6.26 Å². The molecule has 10 nitrogen and oxygen atoms in total. The Labute approximate surface area is 586 Å². The van der Waals surface area contributed by atoms with Gasteiger partial charge in [0.15, 0.2) is 34.9 Å². The molecule has 0 aliphatic rings. The van der Waals surface area contributed by atoms with Crippen LogP contribution in [0.5, 0.6) is 23.0 Å². The standard InChI is InChI=1S/C84H59F9N6O4/c1-8-100-57-35-25-51(26-36-57)79-94-77(95-80(98-79)52-27-37-58(38-28-52)101-74(91)71(85)86)49-21-17-47(18-22-49)61-13-9-11-15-63(61)69-65-43-33-56(84(5,6)7)46-68(65)70(66-44-34-55(45-67(66)69)83(2,3)4)64-16-12-10-14-62(64)48-19-23-50(24-20-48)78-96-81(53-29-39-59(40-30-53)102-75(92)72(87)88)99-82(97-78)54-31-41-60(42-32-54)103-76(93)73(89)90/h8-46H,1H2,2-7H3. The fraction of sp³-hybridized carbons (Fsp3) is 0.0952. The maximum absolute atomic E-state index is 13.8. The molecule has 19 heteroatoms. The first-order chi connectivity index (χ1) is 49.4. The number of hydrogen-bond donors (Lipinski definition) is 0. The average Bonchev–Trinajstić information content (AvgIpc) is 0.717. The molecular formula is C84H59F9N6O4. The molecule has 11 aromatic carbocycles. The molecule has 0 aliphatic carbocycles. The minimum absolute atomic E-state index is 0.126. The molecule has 2 heterocycles. The maximum atomic E-state index is 13.8. The van der Waals surface area contributed by atoms with Gasteiger partial charge >= 0.3 is 36.3 Å². The minimum atomic E-state index is -2.63. The normalized spacial score (nSPS) is 11.5. The molecule has 13 rings (SSSR count). The van der Waals surface area contributed by atoms with Crippen molar-refractivity contribution in [2.24, 2.45) is 0 Å². The Kier molecular flexibility index (Phi) is 19.2. The Bertz CT molecular complexity index is 5410. The van der Waals surface area contributed by atoms with Crippen LogP contribution >= 0.6 is 0 Å². The van der Waals surface area contributed by atoms with Crippen molar-refractivity contribution in [3.63, 3.8) is 0 Å². The van der Waals surface area contributed by atoms with Crippen LogP contribution in [-0.4, -0.2) is 29.9 Å². The van der Waals surface area contributed by atoms with Crippen LogP contribution in [0.25, 0.3) is 134 Å². The highest BCUT2D eigenvalue weighted by Crippen LogP contribution is 2.50. The molecule has 0 saturated carbocycles. The van der Waals surface area contributed by atoms with Crippen molar-refractivity contribution in [3.05, 3.63) is 291 Å². The fourth-order valence-electron chi connectivity index (χ4n) is 12.0. The van der Waals surface area contributed by atoms with Crippen LogP contribution in [0.4, 0.5) is 39.5 Å². The van der Waals surface area contributed by atoms with Crippen molar-refractivity contribution in [1.29, 1.82) is 0 Å². The van der Waals surface area contributed by atoms with E-state index in [0.29, 0.717) is 50.8 Å². The van der Waals surface area contributed by atoms with Crippen molar-refractivity contribution in [2.45, 2.75) is 52.4 Å². The summed E-state index contributed by atoms with van der Waals surface area (Å²) in [5, 5.41) is 4.08. The lowest BCUT2D eigenvalue weighted by Crippen LogP contribution is -2.11. The first-order valence-electron chi connectivity index (χ1n) is 32.3. The third-order valence-corrected chi connectivity index (χ3v) is 17.2. The van der Waals surface area contributed by atoms with Gasteiger partial charge in [-0.15, -0.1) is 0 Å². The summed E-state index contributed by atoms with van der Waals surface area (Å²) in [6.45, 7) is 16.8. The summed E-state index contributed by atoms with van der Waals surface area (Å²) in [6.07, 6.45) is -6.51. The fourth-order valence-corrected chi connectivity index (χ4v) is 12.0. The van der Waals surface area contributed by atoms with E-state index < -0.39 is 36.3 Å². The Balaban J connectivity index is 0.922. The number of hydrogen-bond acceptors (Lipinski definition) is 10. The van der Waals surface area contributed by atoms with Crippen LogP contribution in [0.2, 0.25) is 0 Å². The summed E-state index contributed by atoms with van der Waals surface area (Å²) >= 11 is 0. The highest BCUT2D eigenvalue weighted by atomic mass is 19.3. The van der Waals surface area contributed by atoms with Crippen LogP contribution in [0.1, 0.15) is 52.7 Å². The summed E-state index contributed by atoms with van der Waals surface area (Å²) < 4.78 is 139. The SMILES string of the molecule is C=COc1ccc(-c2nc(-c3ccc(OC(F)=C(F)F)cc3)nc(-c3ccc(-c4ccccc4-c4c5ccc(C(C)(C)C)cc5c(-c5ccccc5-c5ccc(-c6nc(-c7ccc(OC(F)=C(F)F)cc7)nc(-c7ccc(OC(F)=C(F)F)cc7)n6)cc5)c5ccc(C(C)(C)C)cc45)cc3)n2)cc1. The van der Waals surface area contributed by atoms with Crippen molar-refractivity contribution in [2.75, 3.05) is 0 Å². The van der Waals surface area contributed by atoms with Gasteiger partial charge in [0.2, 0.25) is 0 Å². The van der Waals surface area contributed by atoms with Gasteiger partial charge in [0, 0.05) is 33.4 Å². The third kappa shape index (κ3) is 14.9. The highest BCUT2D eigenvalue weighted by molar-refractivity contribution is 6.23. The quantitative estimate of drug-likeness (QED) is 0.0467. The van der Waals surface area contributed by atoms with Gasteiger partial charge in [-0.05, 0) is 197 Å². The molecule has 0 fully saturated rings. The van der Waals surface area contributed by atoms with E-state index >= 15 is 0 Å². The predicted octanol–water partition coefficient (Wildman–Crippen LogP) is 24.4. The summed E-state index contributed by atoms with van der Waals surface area (Å²) in [6, 6.07) is 63.5. The molecule has 2 aromatic heterocycles. The van der Waals surface area contributed by atoms with E-state index in [1.165, 1.54) is 66.9 Å². The van der Waals surface area contributed by atoms with Gasteiger partial charge in [0.1, 0.15) is 23.0 Å². The van der Waals surface area contributed by atoms with Crippen LogP contribution in [-0.2, 0) is 10.8 Å². The molecule has 0 bridgehead atoms. The molecule has 0 unspecified atom stereocenters. The van der Waals surface area contributed by atoms with Gasteiger partial charge in [-0.2, -0.15) is 39.5 Å². The lowest BCUT2D eigenvalue weighted by atomic mass is 9.78. The number of aromatic nitrogens is 6. The molecule has 0 atom stereocenters. The molecule has 0 spiro atoms. The Morgan fingerprint density at radius 2 is 0.534 bits per heavy atom. The Morgan fingerprint density at radius 3 is 0.786 bits per heavy atom. The molecule has 0 aliphatic heterocycles. The third-order valence-electron chi connectivity index (χ3n) is 17.2. The van der Waals surface area contributed by atoms with E-state index in [4.69, 9.17) is 34.4 Å². The van der Waals surface area contributed by atoms with Gasteiger partial charge in [0.25, 0.3) is 0 Å². The molecular weight excluding hydrogens is 1330 g/mol. The summed E-state index contributed by atoms with van der Waals surface area (Å²) in [4.78, 5) is 29.0. The lowest BCUT2D eigenvalue weighted by molar-refractivity contribution is 0.241. The smallest absolute Gasteiger partial charge is 0.344 e. The molecule has 0 amide bonds. The monoisotopic (exact) mass is 1390 g/mol. The molecule has 0 radical (unpaired) electrons. The van der Waals surface area contributed by atoms with Gasteiger partial charge in [-0.25, -0.2) is 29.9 Å². The van der Waals surface area contributed by atoms with Gasteiger partial charge in [-0.1, -0.05) is 169 Å². The Morgan fingerprint density at radius 1 is 0.291 bits per heavy atom. The van der Waals surface area contributed by atoms with Crippen LogP contribution < -0.4 is 18.9 Å². The van der Waals surface area contributed by atoms with E-state index in [1.54, 1.807) is 36.4 Å². The summed E-state index contributed by atoms with van der Waals surface area (Å²) in [5.74, 6) is 1.37. The van der Waals surface area contributed by atoms with Crippen molar-refractivity contribution < 1.29 is 58.5 Å². The number of fused-ring (bicyclic) bond motifs is 2. The molecule has 13 aromatic rings. The molecule has 512 valence electrons. The van der Waals surface area contributed by atoms with Crippen LogP contribution in [0, 0.1) is 0 Å². The highest BCUT2D eigenvalue weighted by Gasteiger charge is 2.27. The molecule has 103 heavy (non-hydrogen) atoms. The molecule has 0 saturated heterocycles. The van der Waals surface area contributed by atoms with E-state index in [1.807, 2.05) is 66.7 Å². The van der Waals surface area contributed by atoms with Crippen LogP contribution in [0.15, 0.2) is 280 Å². The van der Waals surface area contributed by atoms with Crippen molar-refractivity contribution in [1.82, 2.24) is 29.9 Å². The summed E-state index contributed by atoms with van der Waals surface area (Å²) in [7, 11) is 0. The topological polar surface area (TPSA) is 114 Å². The second-order valence-electron chi connectivity index (χ2n) is 25.9. The Hall–Kier alpha value is -12.5. The zero-order valence-electron chi connectivity index (χ0n) is 55.9. The number of nitrogens with zero attached hydrogens (tertiary/aromatic N) is 6. The van der Waals surface area contributed by atoms with E-state index in [-0.39, 0.29) is 51.4 Å². The number of halogens is 9. The largest absolute Gasteiger partial charge is 0.466 e. The predicted molar refractivity (Wildman–Crippen MR) is 384 cm³/mol. The van der Waals surface area contributed by atoms with Crippen molar-refractivity contribution in [3.8, 4) is 136 Å². The number of ether oxygens (including phenoxy) is 4. The second kappa shape index (κ2) is 28.6. The zero-order valence-corrected chi connectivity index (χ0v) is 55.9.